The minimum Gasteiger partial charge on any atom is -0.462 e. The van der Waals surface area contributed by atoms with Gasteiger partial charge in [0.05, 0.1) is 26.4 Å². The fourth-order valence-corrected chi connectivity index (χ4v) is 14.8. The van der Waals surface area contributed by atoms with Crippen molar-refractivity contribution in [1.29, 1.82) is 0 Å². The van der Waals surface area contributed by atoms with Gasteiger partial charge in [0.2, 0.25) is 0 Å². The second-order valence-electron chi connectivity index (χ2n) is 31.1. The Hall–Kier alpha value is -1.94. The second kappa shape index (κ2) is 76.4. The van der Waals surface area contributed by atoms with Gasteiger partial charge in [0.25, 0.3) is 0 Å². The summed E-state index contributed by atoms with van der Waals surface area (Å²) in [5.41, 5.74) is 0. The van der Waals surface area contributed by atoms with Crippen LogP contribution in [0.15, 0.2) is 0 Å². The highest BCUT2D eigenvalue weighted by molar-refractivity contribution is 7.47. The van der Waals surface area contributed by atoms with Crippen LogP contribution in [0, 0.1) is 11.8 Å². The van der Waals surface area contributed by atoms with Gasteiger partial charge in [-0.25, -0.2) is 9.13 Å². The molecule has 3 N–H and O–H groups in total. The number of aliphatic hydroxyl groups excluding tert-OH is 1. The molecule has 7 atom stereocenters. The molecule has 618 valence electrons. The highest BCUT2D eigenvalue weighted by Gasteiger charge is 2.30. The summed E-state index contributed by atoms with van der Waals surface area (Å²) in [5, 5.41) is 10.7. The average molecular weight is 1520 g/mol. The first kappa shape index (κ1) is 102. The molecule has 0 spiro atoms. The van der Waals surface area contributed by atoms with Gasteiger partial charge in [-0.05, 0) is 37.5 Å². The predicted molar refractivity (Wildman–Crippen MR) is 428 cm³/mol. The van der Waals surface area contributed by atoms with Crippen LogP contribution < -0.4 is 0 Å². The summed E-state index contributed by atoms with van der Waals surface area (Å²) in [6.45, 7) is 9.73. The van der Waals surface area contributed by atoms with Crippen molar-refractivity contribution in [3.05, 3.63) is 0 Å². The van der Waals surface area contributed by atoms with Crippen molar-refractivity contribution in [2.24, 2.45) is 11.8 Å². The van der Waals surface area contributed by atoms with Gasteiger partial charge in [-0.2, -0.15) is 0 Å². The largest absolute Gasteiger partial charge is 0.472 e. The number of unbranched alkanes of at least 4 members (excludes halogenated alkanes) is 52. The van der Waals surface area contributed by atoms with Gasteiger partial charge < -0.3 is 33.8 Å². The molecule has 0 bridgehead atoms. The van der Waals surface area contributed by atoms with Crippen molar-refractivity contribution in [2.45, 2.75) is 471 Å². The van der Waals surface area contributed by atoms with E-state index in [0.717, 1.165) is 102 Å². The average Bonchev–Trinajstić information content (AvgIpc) is 0.901. The maximum atomic E-state index is 13.1. The molecule has 0 amide bonds. The number of aliphatic hydroxyl groups is 1. The van der Waals surface area contributed by atoms with E-state index in [-0.39, 0.29) is 25.7 Å². The number of ether oxygens (including phenoxy) is 4. The van der Waals surface area contributed by atoms with Crippen LogP contribution >= 0.6 is 15.6 Å². The molecular formula is C85H166O17P2. The van der Waals surface area contributed by atoms with Crippen molar-refractivity contribution in [3.63, 3.8) is 0 Å². The molecule has 0 aromatic heterocycles. The Morgan fingerprint density at radius 1 is 0.269 bits per heavy atom. The molecule has 104 heavy (non-hydrogen) atoms. The lowest BCUT2D eigenvalue weighted by molar-refractivity contribution is -0.161. The van der Waals surface area contributed by atoms with Crippen LogP contribution in [0.4, 0.5) is 0 Å². The third-order valence-electron chi connectivity index (χ3n) is 20.7. The van der Waals surface area contributed by atoms with Gasteiger partial charge in [-0.15, -0.1) is 0 Å². The maximum Gasteiger partial charge on any atom is 0.472 e. The third-order valence-corrected chi connectivity index (χ3v) is 22.6. The number of esters is 4. The predicted octanol–water partition coefficient (Wildman–Crippen LogP) is 25.8. The molecule has 0 aliphatic carbocycles. The summed E-state index contributed by atoms with van der Waals surface area (Å²) in [5.74, 6) is -0.478. The quantitative estimate of drug-likeness (QED) is 0.0222. The van der Waals surface area contributed by atoms with Gasteiger partial charge >= 0.3 is 39.5 Å². The molecular weight excluding hydrogens is 1350 g/mol. The van der Waals surface area contributed by atoms with E-state index in [2.05, 4.69) is 41.5 Å². The van der Waals surface area contributed by atoms with Gasteiger partial charge in [0.15, 0.2) is 12.2 Å². The summed E-state index contributed by atoms with van der Waals surface area (Å²) in [6.07, 6.45) is 67.8. The summed E-state index contributed by atoms with van der Waals surface area (Å²) < 4.78 is 68.9. The molecule has 0 aromatic carbocycles. The van der Waals surface area contributed by atoms with Crippen molar-refractivity contribution >= 4 is 39.5 Å². The fraction of sp³-hybridized carbons (Fsp3) is 0.953. The normalized spacial score (nSPS) is 14.4. The van der Waals surface area contributed by atoms with Crippen molar-refractivity contribution in [3.8, 4) is 0 Å². The maximum absolute atomic E-state index is 13.1. The molecule has 0 saturated heterocycles. The van der Waals surface area contributed by atoms with Gasteiger partial charge in [0.1, 0.15) is 19.3 Å². The first-order valence-corrected chi connectivity index (χ1v) is 47.1. The summed E-state index contributed by atoms with van der Waals surface area (Å²) in [6, 6.07) is 0. The van der Waals surface area contributed by atoms with Crippen LogP contribution in [0.1, 0.15) is 452 Å². The Bertz CT molecular complexity index is 2000. The zero-order chi connectivity index (χ0) is 76.4. The molecule has 17 nitrogen and oxygen atoms in total. The first-order chi connectivity index (χ1) is 50.4. The molecule has 0 aliphatic rings. The fourth-order valence-electron chi connectivity index (χ4n) is 13.2. The monoisotopic (exact) mass is 1520 g/mol. The number of hydrogen-bond donors (Lipinski definition) is 3. The zero-order valence-electron chi connectivity index (χ0n) is 68.3. The Balaban J connectivity index is 5.27. The van der Waals surface area contributed by atoms with E-state index < -0.39 is 97.5 Å². The lowest BCUT2D eigenvalue weighted by Gasteiger charge is -2.21. The Morgan fingerprint density at radius 2 is 0.462 bits per heavy atom. The van der Waals surface area contributed by atoms with Gasteiger partial charge in [-0.1, -0.05) is 401 Å². The van der Waals surface area contributed by atoms with E-state index in [1.807, 2.05) is 0 Å². The van der Waals surface area contributed by atoms with Crippen LogP contribution in [0.25, 0.3) is 0 Å². The lowest BCUT2D eigenvalue weighted by atomic mass is 9.99. The third kappa shape index (κ3) is 75.5. The summed E-state index contributed by atoms with van der Waals surface area (Å²) >= 11 is 0. The number of carbonyl (C=O) groups excluding carboxylic acids is 4. The molecule has 0 aliphatic heterocycles. The van der Waals surface area contributed by atoms with Crippen molar-refractivity contribution in [1.82, 2.24) is 0 Å². The van der Waals surface area contributed by atoms with Gasteiger partial charge in [0, 0.05) is 25.7 Å². The summed E-state index contributed by atoms with van der Waals surface area (Å²) in [4.78, 5) is 73.2. The summed E-state index contributed by atoms with van der Waals surface area (Å²) in [7, 11) is -9.93. The van der Waals surface area contributed by atoms with Crippen LogP contribution in [0.5, 0.6) is 0 Å². The van der Waals surface area contributed by atoms with E-state index in [1.54, 1.807) is 0 Å². The Morgan fingerprint density at radius 3 is 0.683 bits per heavy atom. The van der Waals surface area contributed by atoms with E-state index in [0.29, 0.717) is 25.7 Å². The van der Waals surface area contributed by atoms with Crippen LogP contribution in [-0.2, 0) is 65.4 Å². The zero-order valence-corrected chi connectivity index (χ0v) is 70.1. The second-order valence-corrected chi connectivity index (χ2v) is 34.0. The Kier molecular flexibility index (Phi) is 75.0. The van der Waals surface area contributed by atoms with Crippen LogP contribution in [0.3, 0.4) is 0 Å². The number of phosphoric acid groups is 2. The molecule has 0 rings (SSSR count). The number of carbonyl (C=O) groups is 4. The van der Waals surface area contributed by atoms with E-state index in [1.165, 1.54) is 270 Å². The first-order valence-electron chi connectivity index (χ1n) is 44.1. The number of hydrogen-bond acceptors (Lipinski definition) is 15. The minimum absolute atomic E-state index is 0.108. The lowest BCUT2D eigenvalue weighted by Crippen LogP contribution is -2.30. The van der Waals surface area contributed by atoms with Crippen molar-refractivity contribution in [2.75, 3.05) is 39.6 Å². The Labute approximate surface area is 638 Å². The molecule has 4 unspecified atom stereocenters. The number of rotatable bonds is 84. The standard InChI is InChI=1S/C85H166O17P2/c1-7-11-13-15-17-19-21-23-25-27-29-34-38-42-49-55-61-67-82(87)95-73-80(101-84(89)70-64-58-52-44-40-36-32-31-33-37-41-47-53-59-65-77(5)9-3)75-99-103(91,92)97-71-79(86)72-98-104(93,94)100-76-81(74-96-83(88)68-62-56-50-46-45-48-54-60-66-78(6)10-4)102-85(90)69-63-57-51-43-39-35-30-28-26-24-22-20-18-16-14-12-8-2/h77-81,86H,7-76H2,1-6H3,(H,91,92)(H,93,94)/t77?,78?,79-,80-,81-/m1/s1. The number of phosphoric ester groups is 2. The van der Waals surface area contributed by atoms with Crippen molar-refractivity contribution < 1.29 is 80.2 Å². The molecule has 0 heterocycles. The highest BCUT2D eigenvalue weighted by atomic mass is 31.2. The van der Waals surface area contributed by atoms with E-state index in [4.69, 9.17) is 37.0 Å². The highest BCUT2D eigenvalue weighted by Crippen LogP contribution is 2.45. The van der Waals surface area contributed by atoms with Gasteiger partial charge in [-0.3, -0.25) is 37.3 Å². The SMILES string of the molecule is CCCCCCCCCCCCCCCCCCCC(=O)OC[C@H](COP(=O)(O)OC[C@@H](O)COP(=O)(O)OC[C@@H](COC(=O)CCCCCCCCCCC(C)CC)OC(=O)CCCCCCCCCCCCCCCCCCC)OC(=O)CCCCCCCCCCCCCCCCC(C)CC. The van der Waals surface area contributed by atoms with Crippen LogP contribution in [-0.4, -0.2) is 96.7 Å². The molecule has 0 fully saturated rings. The molecule has 19 heteroatoms. The molecule has 0 radical (unpaired) electrons. The molecule has 0 saturated carbocycles. The minimum atomic E-state index is -4.97. The molecule has 0 aromatic rings. The van der Waals surface area contributed by atoms with Crippen LogP contribution in [0.2, 0.25) is 0 Å². The van der Waals surface area contributed by atoms with E-state index in [9.17, 15) is 43.2 Å². The smallest absolute Gasteiger partial charge is 0.462 e. The van der Waals surface area contributed by atoms with E-state index >= 15 is 0 Å². The topological polar surface area (TPSA) is 237 Å².